The number of fused-ring (bicyclic) bond motifs is 3. The van der Waals surface area contributed by atoms with E-state index in [1.165, 1.54) is 59.3 Å². The summed E-state index contributed by atoms with van der Waals surface area (Å²) in [5, 5.41) is 7.68. The fourth-order valence-corrected chi connectivity index (χ4v) is 15.8. The van der Waals surface area contributed by atoms with E-state index in [0.717, 1.165) is 44.5 Å². The Labute approximate surface area is 416 Å². The van der Waals surface area contributed by atoms with Crippen LogP contribution in [0.1, 0.15) is 16.7 Å². The summed E-state index contributed by atoms with van der Waals surface area (Å²) in [5.41, 5.74) is 14.4. The summed E-state index contributed by atoms with van der Waals surface area (Å²) in [4.78, 5) is 15.8. The molecule has 0 bridgehead atoms. The van der Waals surface area contributed by atoms with Crippen LogP contribution in [0, 0.1) is 20.8 Å². The van der Waals surface area contributed by atoms with Crippen molar-refractivity contribution in [1.82, 2.24) is 19.5 Å². The van der Waals surface area contributed by atoms with Gasteiger partial charge in [0, 0.05) is 27.5 Å². The predicted molar refractivity (Wildman–Crippen MR) is 299 cm³/mol. The van der Waals surface area contributed by atoms with Crippen molar-refractivity contribution in [2.75, 3.05) is 0 Å². The van der Waals surface area contributed by atoms with Gasteiger partial charge in [-0.05, 0) is 99.2 Å². The minimum Gasteiger partial charge on any atom is -0.308 e. The third kappa shape index (κ3) is 7.77. The highest BCUT2D eigenvalue weighted by molar-refractivity contribution is 7.19. The minimum absolute atomic E-state index is 0.601. The topological polar surface area (TPSA) is 43.6 Å². The lowest BCUT2D eigenvalue weighted by Gasteiger charge is -2.34. The van der Waals surface area contributed by atoms with E-state index in [4.69, 9.17) is 15.0 Å². The second-order valence-electron chi connectivity index (χ2n) is 18.6. The zero-order chi connectivity index (χ0) is 47.9. The molecule has 5 heteroatoms. The van der Waals surface area contributed by atoms with Crippen LogP contribution in [0.4, 0.5) is 0 Å². The Morgan fingerprint density at radius 2 is 0.775 bits per heavy atom. The number of hydrogen-bond donors (Lipinski definition) is 0. The first-order valence-corrected chi connectivity index (χ1v) is 26.3. The lowest BCUT2D eigenvalue weighted by molar-refractivity contribution is 1.06. The summed E-state index contributed by atoms with van der Waals surface area (Å²) >= 11 is 0. The molecule has 0 unspecified atom stereocenters. The van der Waals surface area contributed by atoms with Gasteiger partial charge in [-0.2, -0.15) is 0 Å². The van der Waals surface area contributed by atoms with Crippen LogP contribution in [0.5, 0.6) is 0 Å². The fraction of sp³-hybridized carbons (Fsp3) is 0.0455. The van der Waals surface area contributed by atoms with E-state index in [2.05, 4.69) is 238 Å². The van der Waals surface area contributed by atoms with Gasteiger partial charge in [-0.25, -0.2) is 15.0 Å². The van der Waals surface area contributed by atoms with Crippen molar-refractivity contribution in [2.45, 2.75) is 20.8 Å². The van der Waals surface area contributed by atoms with E-state index in [1.54, 1.807) is 0 Å². The number of rotatable bonds is 10. The Kier molecular flexibility index (Phi) is 11.2. The quantitative estimate of drug-likeness (QED) is 0.101. The molecular formula is C66H50N4Si. The molecular weight excluding hydrogens is 877 g/mol. The molecule has 0 radical (unpaired) electrons. The average molecular weight is 927 g/mol. The van der Waals surface area contributed by atoms with Crippen molar-refractivity contribution in [3.05, 3.63) is 265 Å². The van der Waals surface area contributed by atoms with Crippen LogP contribution < -0.4 is 20.7 Å². The van der Waals surface area contributed by atoms with Gasteiger partial charge < -0.3 is 4.57 Å². The van der Waals surface area contributed by atoms with Gasteiger partial charge in [-0.15, -0.1) is 0 Å². The highest BCUT2D eigenvalue weighted by Crippen LogP contribution is 2.40. The monoisotopic (exact) mass is 926 g/mol. The minimum atomic E-state index is -2.83. The molecule has 0 amide bonds. The number of nitrogens with zero attached hydrogens (tertiary/aromatic N) is 4. The van der Waals surface area contributed by atoms with E-state index >= 15 is 0 Å². The first-order chi connectivity index (χ1) is 34.9. The smallest absolute Gasteiger partial charge is 0.179 e. The third-order valence-electron chi connectivity index (χ3n) is 14.1. The molecule has 0 spiro atoms. The third-order valence-corrected chi connectivity index (χ3v) is 18.8. The van der Waals surface area contributed by atoms with Gasteiger partial charge in [0.1, 0.15) is 0 Å². The van der Waals surface area contributed by atoms with Crippen LogP contribution in [-0.4, -0.2) is 27.6 Å². The summed E-state index contributed by atoms with van der Waals surface area (Å²) < 4.78 is 2.45. The Balaban J connectivity index is 1.15. The van der Waals surface area contributed by atoms with Crippen LogP contribution >= 0.6 is 0 Å². The standard InChI is InChI=1S/C66H50N4Si/c1-45-40-46(2)63(47(3)41-45)52-37-38-58-57-34-19-20-35-60(57)70(61(58)44-52)62-43-51(36-39-59(62)66-68-64(48-22-9-4-10-23-48)67-65(69-66)49-24-11-5-12-25-49)50-26-21-33-56(42-50)71(53-27-13-6-14-28-53,54-29-15-7-16-30-54)55-31-17-8-18-32-55/h4-44H,1-3H3. The maximum atomic E-state index is 5.35. The highest BCUT2D eigenvalue weighted by atomic mass is 28.3. The number of aromatic nitrogens is 4. The molecule has 0 aliphatic rings. The number of hydrogen-bond acceptors (Lipinski definition) is 3. The maximum absolute atomic E-state index is 5.35. The molecule has 4 nitrogen and oxygen atoms in total. The van der Waals surface area contributed by atoms with Crippen molar-refractivity contribution in [3.8, 4) is 62.1 Å². The molecule has 0 atom stereocenters. The summed E-state index contributed by atoms with van der Waals surface area (Å²) in [7, 11) is -2.83. The van der Waals surface area contributed by atoms with Crippen LogP contribution in [0.2, 0.25) is 0 Å². The van der Waals surface area contributed by atoms with Crippen molar-refractivity contribution in [3.63, 3.8) is 0 Å². The molecule has 0 aliphatic carbocycles. The first kappa shape index (κ1) is 43.5. The highest BCUT2D eigenvalue weighted by Gasteiger charge is 2.41. The summed E-state index contributed by atoms with van der Waals surface area (Å²) in [6.07, 6.45) is 0. The Hall–Kier alpha value is -8.77. The Morgan fingerprint density at radius 3 is 1.35 bits per heavy atom. The molecule has 2 heterocycles. The van der Waals surface area contributed by atoms with Gasteiger partial charge in [-0.3, -0.25) is 0 Å². The Bertz CT molecular complexity index is 3710. The fourth-order valence-electron chi connectivity index (χ4n) is 11.0. The van der Waals surface area contributed by atoms with E-state index in [-0.39, 0.29) is 0 Å². The second-order valence-corrected chi connectivity index (χ2v) is 22.4. The summed E-state index contributed by atoms with van der Waals surface area (Å²) in [5.74, 6) is 1.84. The second kappa shape index (κ2) is 18.3. The SMILES string of the molecule is Cc1cc(C)c(-c2ccc3c4ccccc4n(-c4cc(-c5cccc([Si](c6ccccc6)(c6ccccc6)c6ccccc6)c5)ccc4-c4nc(-c5ccccc5)nc(-c5ccccc5)n4)c3c2)c(C)c1. The number of aryl methyl sites for hydroxylation is 3. The van der Waals surface area contributed by atoms with Gasteiger partial charge >= 0.3 is 0 Å². The summed E-state index contributed by atoms with van der Waals surface area (Å²) in [6, 6.07) is 90.4. The van der Waals surface area contributed by atoms with Crippen LogP contribution in [0.25, 0.3) is 83.9 Å². The molecule has 0 aliphatic heterocycles. The lowest BCUT2D eigenvalue weighted by atomic mass is 9.93. The molecule has 0 saturated heterocycles. The lowest BCUT2D eigenvalue weighted by Crippen LogP contribution is -2.74. The predicted octanol–water partition coefficient (Wildman–Crippen LogP) is 13.6. The molecule has 0 fully saturated rings. The normalized spacial score (nSPS) is 11.6. The van der Waals surface area contributed by atoms with Gasteiger partial charge in [0.2, 0.25) is 0 Å². The van der Waals surface area contributed by atoms with Crippen molar-refractivity contribution >= 4 is 50.6 Å². The van der Waals surface area contributed by atoms with E-state index in [9.17, 15) is 0 Å². The molecule has 10 aromatic carbocycles. The molecule has 2 aromatic heterocycles. The van der Waals surface area contributed by atoms with E-state index in [1.807, 2.05) is 36.4 Å². The van der Waals surface area contributed by atoms with Crippen molar-refractivity contribution < 1.29 is 0 Å². The van der Waals surface area contributed by atoms with Gasteiger partial charge in [0.05, 0.1) is 16.7 Å². The van der Waals surface area contributed by atoms with E-state index < -0.39 is 8.07 Å². The van der Waals surface area contributed by atoms with Crippen molar-refractivity contribution in [1.29, 1.82) is 0 Å². The zero-order valence-corrected chi connectivity index (χ0v) is 41.0. The number of benzene rings is 10. The number of para-hydroxylation sites is 1. The molecule has 12 aromatic rings. The van der Waals surface area contributed by atoms with Gasteiger partial charge in [-0.1, -0.05) is 230 Å². The molecule has 0 N–H and O–H groups in total. The van der Waals surface area contributed by atoms with E-state index in [0.29, 0.717) is 17.5 Å². The van der Waals surface area contributed by atoms with Crippen molar-refractivity contribution in [2.24, 2.45) is 0 Å². The van der Waals surface area contributed by atoms with Gasteiger partial charge in [0.25, 0.3) is 0 Å². The first-order valence-electron chi connectivity index (χ1n) is 24.3. The molecule has 338 valence electrons. The Morgan fingerprint density at radius 1 is 0.324 bits per heavy atom. The zero-order valence-electron chi connectivity index (χ0n) is 40.0. The van der Waals surface area contributed by atoms with Crippen LogP contribution in [0.3, 0.4) is 0 Å². The molecule has 12 rings (SSSR count). The summed E-state index contributed by atoms with van der Waals surface area (Å²) in [6.45, 7) is 6.63. The molecule has 0 saturated carbocycles. The largest absolute Gasteiger partial charge is 0.308 e. The van der Waals surface area contributed by atoms with Crippen LogP contribution in [0.15, 0.2) is 249 Å². The van der Waals surface area contributed by atoms with Crippen LogP contribution in [-0.2, 0) is 0 Å². The molecule has 71 heavy (non-hydrogen) atoms. The average Bonchev–Trinajstić information content (AvgIpc) is 3.75. The maximum Gasteiger partial charge on any atom is 0.179 e. The van der Waals surface area contributed by atoms with Gasteiger partial charge in [0.15, 0.2) is 25.5 Å².